The van der Waals surface area contributed by atoms with E-state index in [4.69, 9.17) is 14.5 Å². The average Bonchev–Trinajstić information content (AvgIpc) is 2.78. The number of hydrogen-bond acceptors (Lipinski definition) is 6. The first-order valence-electron chi connectivity index (χ1n) is 10.2. The van der Waals surface area contributed by atoms with Crippen molar-refractivity contribution < 1.29 is 14.3 Å². The molecule has 7 heteroatoms. The molecule has 2 aromatic carbocycles. The Morgan fingerprint density at radius 3 is 2.47 bits per heavy atom. The van der Waals surface area contributed by atoms with E-state index in [0.717, 1.165) is 42.9 Å². The van der Waals surface area contributed by atoms with Gasteiger partial charge in [-0.1, -0.05) is 18.2 Å². The molecule has 154 valence electrons. The van der Waals surface area contributed by atoms with Crippen LogP contribution in [0.1, 0.15) is 16.8 Å². The normalized spacial score (nSPS) is 20.5. The van der Waals surface area contributed by atoms with Crippen molar-refractivity contribution in [3.05, 3.63) is 54.2 Å². The smallest absolute Gasteiger partial charge is 0.261 e. The van der Waals surface area contributed by atoms with Gasteiger partial charge in [-0.3, -0.25) is 9.78 Å². The summed E-state index contributed by atoms with van der Waals surface area (Å²) in [5.74, 6) is 2.41. The number of likely N-dealkylation sites (tertiary alicyclic amines) is 1. The number of hydrogen-bond donors (Lipinski definition) is 0. The highest BCUT2D eigenvalue weighted by molar-refractivity contribution is 6.00. The number of anilines is 1. The highest BCUT2D eigenvalue weighted by atomic mass is 16.5. The molecule has 0 aliphatic carbocycles. The van der Waals surface area contributed by atoms with Gasteiger partial charge in [0.15, 0.2) is 0 Å². The van der Waals surface area contributed by atoms with E-state index in [-0.39, 0.29) is 11.9 Å². The van der Waals surface area contributed by atoms with Crippen LogP contribution in [0.3, 0.4) is 0 Å². The summed E-state index contributed by atoms with van der Waals surface area (Å²) in [7, 11) is 3.15. The third-order valence-electron chi connectivity index (χ3n) is 6.22. The maximum absolute atomic E-state index is 13.4. The van der Waals surface area contributed by atoms with E-state index in [0.29, 0.717) is 23.0 Å². The summed E-state index contributed by atoms with van der Waals surface area (Å²) in [4.78, 5) is 26.9. The van der Waals surface area contributed by atoms with Gasteiger partial charge in [0.05, 0.1) is 37.5 Å². The molecule has 0 radical (unpaired) electrons. The van der Waals surface area contributed by atoms with Crippen LogP contribution < -0.4 is 14.4 Å². The van der Waals surface area contributed by atoms with Crippen LogP contribution in [0.15, 0.2) is 48.7 Å². The lowest BCUT2D eigenvalue weighted by Gasteiger charge is -2.53. The fourth-order valence-corrected chi connectivity index (χ4v) is 4.54. The zero-order valence-electron chi connectivity index (χ0n) is 17.1. The van der Waals surface area contributed by atoms with Gasteiger partial charge in [0.2, 0.25) is 0 Å². The molecule has 3 aromatic rings. The number of amides is 1. The lowest BCUT2D eigenvalue weighted by molar-refractivity contribution is 0.00732. The van der Waals surface area contributed by atoms with Gasteiger partial charge in [0, 0.05) is 25.6 Å². The van der Waals surface area contributed by atoms with Gasteiger partial charge in [-0.2, -0.15) is 0 Å². The Kier molecular flexibility index (Phi) is 4.65. The third-order valence-corrected chi connectivity index (χ3v) is 6.22. The first-order chi connectivity index (χ1) is 14.7. The van der Waals surface area contributed by atoms with E-state index in [1.54, 1.807) is 26.4 Å². The van der Waals surface area contributed by atoms with Gasteiger partial charge in [-0.15, -0.1) is 0 Å². The zero-order valence-corrected chi connectivity index (χ0v) is 17.1. The highest BCUT2D eigenvalue weighted by Gasteiger charge is 2.46. The quantitative estimate of drug-likeness (QED) is 0.666. The summed E-state index contributed by atoms with van der Waals surface area (Å²) in [6, 6.07) is 13.4. The summed E-state index contributed by atoms with van der Waals surface area (Å²) in [5.41, 5.74) is 2.26. The lowest BCUT2D eigenvalue weighted by atomic mass is 9.81. The van der Waals surface area contributed by atoms with E-state index >= 15 is 0 Å². The zero-order chi connectivity index (χ0) is 20.7. The molecule has 0 spiro atoms. The van der Waals surface area contributed by atoms with Crippen LogP contribution in [0.4, 0.5) is 5.82 Å². The molecule has 5 rings (SSSR count). The van der Waals surface area contributed by atoms with Crippen molar-refractivity contribution in [1.29, 1.82) is 0 Å². The number of aromatic nitrogens is 2. The first-order valence-corrected chi connectivity index (χ1v) is 10.2. The molecule has 0 saturated carbocycles. The average molecular weight is 404 g/mol. The Hall–Kier alpha value is -3.35. The third kappa shape index (κ3) is 3.01. The molecule has 2 aliphatic heterocycles. The Morgan fingerprint density at radius 2 is 1.73 bits per heavy atom. The van der Waals surface area contributed by atoms with Crippen molar-refractivity contribution in [2.45, 2.75) is 12.5 Å². The van der Waals surface area contributed by atoms with Gasteiger partial charge in [-0.25, -0.2) is 4.98 Å². The van der Waals surface area contributed by atoms with Gasteiger partial charge < -0.3 is 19.3 Å². The number of carbonyl (C=O) groups excluding carboxylic acids is 1. The fraction of sp³-hybridized carbons (Fsp3) is 0.348. The minimum Gasteiger partial charge on any atom is -0.496 e. The van der Waals surface area contributed by atoms with Crippen LogP contribution >= 0.6 is 0 Å². The van der Waals surface area contributed by atoms with Crippen molar-refractivity contribution in [3.8, 4) is 11.5 Å². The van der Waals surface area contributed by atoms with E-state index in [2.05, 4.69) is 9.88 Å². The Bertz CT molecular complexity index is 1080. The second kappa shape index (κ2) is 7.48. The van der Waals surface area contributed by atoms with Crippen LogP contribution in [0.5, 0.6) is 11.5 Å². The molecule has 2 saturated heterocycles. The molecular formula is C23H24N4O3. The number of carbonyl (C=O) groups is 1. The minimum atomic E-state index is -0.0444. The SMILES string of the molecule is COc1cccc(OC)c1C(=O)N1CC2CCN(c3cnc4ccccc4n3)CC21. The maximum Gasteiger partial charge on any atom is 0.261 e. The summed E-state index contributed by atoms with van der Waals surface area (Å²) < 4.78 is 10.9. The van der Waals surface area contributed by atoms with E-state index in [1.165, 1.54) is 0 Å². The first kappa shape index (κ1) is 18.7. The van der Waals surface area contributed by atoms with Gasteiger partial charge in [-0.05, 0) is 30.7 Å². The Balaban J connectivity index is 1.39. The molecule has 2 unspecified atom stereocenters. The summed E-state index contributed by atoms with van der Waals surface area (Å²) >= 11 is 0. The molecule has 2 atom stereocenters. The van der Waals surface area contributed by atoms with Gasteiger partial charge in [0.1, 0.15) is 22.9 Å². The molecule has 2 aliphatic rings. The van der Waals surface area contributed by atoms with Crippen LogP contribution in [0.2, 0.25) is 0 Å². The number of benzene rings is 2. The van der Waals surface area contributed by atoms with Crippen molar-refractivity contribution in [2.24, 2.45) is 5.92 Å². The molecular weight excluding hydrogens is 380 g/mol. The highest BCUT2D eigenvalue weighted by Crippen LogP contribution is 2.38. The van der Waals surface area contributed by atoms with Crippen LogP contribution in [-0.2, 0) is 0 Å². The Morgan fingerprint density at radius 1 is 1.00 bits per heavy atom. The van der Waals surface area contributed by atoms with Gasteiger partial charge >= 0.3 is 0 Å². The molecule has 7 nitrogen and oxygen atoms in total. The predicted molar refractivity (Wildman–Crippen MR) is 114 cm³/mol. The molecule has 2 fully saturated rings. The van der Waals surface area contributed by atoms with E-state index < -0.39 is 0 Å². The molecule has 1 amide bonds. The summed E-state index contributed by atoms with van der Waals surface area (Å²) in [5, 5.41) is 0. The number of ether oxygens (including phenoxy) is 2. The minimum absolute atomic E-state index is 0.0444. The maximum atomic E-state index is 13.4. The van der Waals surface area contributed by atoms with Gasteiger partial charge in [0.25, 0.3) is 5.91 Å². The van der Waals surface area contributed by atoms with E-state index in [9.17, 15) is 4.79 Å². The second-order valence-corrected chi connectivity index (χ2v) is 7.77. The fourth-order valence-electron chi connectivity index (χ4n) is 4.54. The monoisotopic (exact) mass is 404 g/mol. The number of methoxy groups -OCH3 is 2. The summed E-state index contributed by atoms with van der Waals surface area (Å²) in [6.45, 7) is 2.44. The summed E-state index contributed by atoms with van der Waals surface area (Å²) in [6.07, 6.45) is 2.86. The molecule has 0 N–H and O–H groups in total. The van der Waals surface area contributed by atoms with Crippen molar-refractivity contribution in [1.82, 2.24) is 14.9 Å². The van der Waals surface area contributed by atoms with E-state index in [1.807, 2.05) is 41.4 Å². The Labute approximate surface area is 175 Å². The number of fused-ring (bicyclic) bond motifs is 2. The van der Waals surface area contributed by atoms with Crippen LogP contribution in [0.25, 0.3) is 11.0 Å². The second-order valence-electron chi connectivity index (χ2n) is 7.77. The largest absolute Gasteiger partial charge is 0.496 e. The van der Waals surface area contributed by atoms with Crippen molar-refractivity contribution >= 4 is 22.8 Å². The number of piperidine rings is 1. The topological polar surface area (TPSA) is 67.8 Å². The van der Waals surface area contributed by atoms with Crippen LogP contribution in [0, 0.1) is 5.92 Å². The lowest BCUT2D eigenvalue weighted by Crippen LogP contribution is -2.65. The van der Waals surface area contributed by atoms with Crippen molar-refractivity contribution in [3.63, 3.8) is 0 Å². The molecule has 0 bridgehead atoms. The molecule has 30 heavy (non-hydrogen) atoms. The number of para-hydroxylation sites is 2. The predicted octanol–water partition coefficient (Wildman–Crippen LogP) is 3.00. The number of rotatable bonds is 4. The standard InChI is InChI=1S/C23H24N4O3/c1-29-19-8-5-9-20(30-2)22(19)23(28)27-13-15-10-11-26(14-18(15)27)21-12-24-16-6-3-4-7-17(16)25-21/h3-9,12,15,18H,10-11,13-14H2,1-2H3. The number of nitrogens with zero attached hydrogens (tertiary/aromatic N) is 4. The van der Waals surface area contributed by atoms with Crippen molar-refractivity contribution in [2.75, 3.05) is 38.8 Å². The molecule has 1 aromatic heterocycles. The van der Waals surface area contributed by atoms with Crippen LogP contribution in [-0.4, -0.2) is 60.7 Å². The molecule has 3 heterocycles.